The van der Waals surface area contributed by atoms with Crippen molar-refractivity contribution in [2.75, 3.05) is 0 Å². The maximum absolute atomic E-state index is 5.48. The van der Waals surface area contributed by atoms with Crippen LogP contribution >= 0.6 is 0 Å². The van der Waals surface area contributed by atoms with E-state index in [-0.39, 0.29) is 0 Å². The van der Waals surface area contributed by atoms with Crippen LogP contribution in [0.3, 0.4) is 0 Å². The van der Waals surface area contributed by atoms with Crippen molar-refractivity contribution < 1.29 is 0 Å². The van der Waals surface area contributed by atoms with Gasteiger partial charge >= 0.3 is 0 Å². The van der Waals surface area contributed by atoms with Crippen LogP contribution in [0.2, 0.25) is 0 Å². The molecule has 13 aromatic rings. The van der Waals surface area contributed by atoms with E-state index in [4.69, 9.17) is 9.97 Å². The monoisotopic (exact) mass is 762 g/mol. The molecule has 3 heterocycles. The van der Waals surface area contributed by atoms with Gasteiger partial charge in [0.1, 0.15) is 0 Å². The van der Waals surface area contributed by atoms with E-state index >= 15 is 0 Å². The van der Waals surface area contributed by atoms with E-state index in [1.165, 1.54) is 59.5 Å². The first kappa shape index (κ1) is 32.9. The number of benzene rings is 10. The lowest BCUT2D eigenvalue weighted by molar-refractivity contribution is 1.01. The average molecular weight is 763 g/mol. The van der Waals surface area contributed by atoms with Gasteiger partial charge in [-0.1, -0.05) is 146 Å². The number of para-hydroxylation sites is 2. The molecule has 0 amide bonds. The minimum Gasteiger partial charge on any atom is -0.309 e. The topological polar surface area (TPSA) is 35.6 Å². The number of nitrogens with zero attached hydrogens (tertiary/aromatic N) is 4. The minimum absolute atomic E-state index is 0.651. The van der Waals surface area contributed by atoms with Crippen LogP contribution in [0.25, 0.3) is 121 Å². The molecule has 0 aliphatic rings. The first-order chi connectivity index (χ1) is 29.7. The van der Waals surface area contributed by atoms with Crippen molar-refractivity contribution in [1.82, 2.24) is 19.1 Å². The summed E-state index contributed by atoms with van der Waals surface area (Å²) in [7, 11) is 0. The Bertz CT molecular complexity index is 3910. The summed E-state index contributed by atoms with van der Waals surface area (Å²) in [6, 6.07) is 74.6. The van der Waals surface area contributed by atoms with Gasteiger partial charge in [-0.15, -0.1) is 0 Å². The summed E-state index contributed by atoms with van der Waals surface area (Å²) < 4.78 is 4.68. The largest absolute Gasteiger partial charge is 0.309 e. The van der Waals surface area contributed by atoms with E-state index in [1.807, 2.05) is 0 Å². The summed E-state index contributed by atoms with van der Waals surface area (Å²) in [5, 5.41) is 13.1. The Morgan fingerprint density at radius 1 is 0.283 bits per heavy atom. The molecule has 0 radical (unpaired) electrons. The summed E-state index contributed by atoms with van der Waals surface area (Å²) in [6.45, 7) is 0. The average Bonchev–Trinajstić information content (AvgIpc) is 3.81. The predicted molar refractivity (Wildman–Crippen MR) is 252 cm³/mol. The van der Waals surface area contributed by atoms with E-state index in [9.17, 15) is 0 Å². The number of rotatable bonds is 4. The Morgan fingerprint density at radius 3 is 1.65 bits per heavy atom. The van der Waals surface area contributed by atoms with Gasteiger partial charge in [-0.3, -0.25) is 4.57 Å². The second-order valence-corrected chi connectivity index (χ2v) is 15.9. The van der Waals surface area contributed by atoms with Crippen LogP contribution in [-0.2, 0) is 0 Å². The fourth-order valence-electron chi connectivity index (χ4n) is 9.57. The first-order valence-corrected chi connectivity index (χ1v) is 20.5. The minimum atomic E-state index is 0.651. The highest BCUT2D eigenvalue weighted by Crippen LogP contribution is 2.40. The van der Waals surface area contributed by atoms with Gasteiger partial charge in [-0.05, 0) is 104 Å². The summed E-state index contributed by atoms with van der Waals surface area (Å²) in [5.41, 5.74) is 10.9. The third-order valence-electron chi connectivity index (χ3n) is 12.4. The Balaban J connectivity index is 1.05. The van der Waals surface area contributed by atoms with Crippen LogP contribution in [0.4, 0.5) is 0 Å². The van der Waals surface area contributed by atoms with Gasteiger partial charge in [0.05, 0.1) is 33.3 Å². The molecule has 60 heavy (non-hydrogen) atoms. The smallest absolute Gasteiger partial charge is 0.235 e. The molecule has 0 unspecified atom stereocenters. The predicted octanol–water partition coefficient (Wildman–Crippen LogP) is 14.6. The second-order valence-electron chi connectivity index (χ2n) is 15.9. The number of fused-ring (bicyclic) bond motifs is 10. The van der Waals surface area contributed by atoms with Gasteiger partial charge in [-0.2, -0.15) is 0 Å². The van der Waals surface area contributed by atoms with Gasteiger partial charge < -0.3 is 4.57 Å². The Kier molecular flexibility index (Phi) is 6.98. The van der Waals surface area contributed by atoms with Crippen LogP contribution in [0, 0.1) is 0 Å². The SMILES string of the molecule is c1ccc2cc(-c3nc(-n4c5cc(-c6ccc7c(c6)c6ccccc6n7-c6ccc7ccccc7c6)ccc5c5cc6ccccc6cc54)nc4ccccc34)ccc2c1. The molecule has 0 saturated carbocycles. The quantitative estimate of drug-likeness (QED) is 0.179. The Hall–Kier alpha value is -8.08. The molecule has 278 valence electrons. The molecule has 0 spiro atoms. The standard InChI is InChI=1S/C56H34N4/c1-3-13-37-29-43(22-21-35(37)11-1)55-47-18-7-9-19-50(47)57-56(58-55)60-53-34-42(24-27-46(53)49-31-39-15-5-6-16-40(39)33-54(49)60)41-25-28-52-48(32-41)45-17-8-10-20-51(45)59(52)44-26-23-36-12-2-4-14-38(36)30-44/h1-34H. The molecular formula is C56H34N4. The van der Waals surface area contributed by atoms with Crippen molar-refractivity contribution in [3.63, 3.8) is 0 Å². The molecule has 10 aromatic carbocycles. The molecule has 0 N–H and O–H groups in total. The summed E-state index contributed by atoms with van der Waals surface area (Å²) in [6.07, 6.45) is 0. The number of hydrogen-bond donors (Lipinski definition) is 0. The normalized spacial score (nSPS) is 12.0. The zero-order valence-corrected chi connectivity index (χ0v) is 32.4. The van der Waals surface area contributed by atoms with Crippen molar-refractivity contribution in [3.8, 4) is 34.0 Å². The lowest BCUT2D eigenvalue weighted by Gasteiger charge is -2.13. The van der Waals surface area contributed by atoms with Gasteiger partial charge in [0.25, 0.3) is 0 Å². The molecule has 0 bridgehead atoms. The van der Waals surface area contributed by atoms with Gasteiger partial charge in [0, 0.05) is 38.2 Å². The van der Waals surface area contributed by atoms with Crippen molar-refractivity contribution in [3.05, 3.63) is 206 Å². The lowest BCUT2D eigenvalue weighted by atomic mass is 10.0. The molecule has 0 atom stereocenters. The van der Waals surface area contributed by atoms with Crippen LogP contribution in [0.5, 0.6) is 0 Å². The first-order valence-electron chi connectivity index (χ1n) is 20.5. The molecule has 3 aromatic heterocycles. The Morgan fingerprint density at radius 2 is 0.833 bits per heavy atom. The van der Waals surface area contributed by atoms with Crippen molar-refractivity contribution in [2.45, 2.75) is 0 Å². The fraction of sp³-hybridized carbons (Fsp3) is 0. The summed E-state index contributed by atoms with van der Waals surface area (Å²) in [4.78, 5) is 10.8. The van der Waals surface area contributed by atoms with E-state index in [1.54, 1.807) is 0 Å². The van der Waals surface area contributed by atoms with Crippen molar-refractivity contribution >= 4 is 86.8 Å². The summed E-state index contributed by atoms with van der Waals surface area (Å²) in [5.74, 6) is 0.651. The lowest BCUT2D eigenvalue weighted by Crippen LogP contribution is -2.03. The molecule has 4 nitrogen and oxygen atoms in total. The Labute approximate surface area is 344 Å². The maximum Gasteiger partial charge on any atom is 0.235 e. The molecule has 13 rings (SSSR count). The second kappa shape index (κ2) is 12.7. The fourth-order valence-corrected chi connectivity index (χ4v) is 9.57. The molecule has 0 saturated heterocycles. The van der Waals surface area contributed by atoms with Crippen LogP contribution < -0.4 is 0 Å². The molecule has 0 aliphatic carbocycles. The van der Waals surface area contributed by atoms with Gasteiger partial charge in [-0.25, -0.2) is 9.97 Å². The maximum atomic E-state index is 5.48. The third-order valence-corrected chi connectivity index (χ3v) is 12.4. The summed E-state index contributed by atoms with van der Waals surface area (Å²) >= 11 is 0. The van der Waals surface area contributed by atoms with Crippen LogP contribution in [0.15, 0.2) is 206 Å². The van der Waals surface area contributed by atoms with E-state index in [2.05, 4.69) is 215 Å². The molecule has 0 aliphatic heterocycles. The highest BCUT2D eigenvalue weighted by atomic mass is 15.2. The highest BCUT2D eigenvalue weighted by Gasteiger charge is 2.20. The van der Waals surface area contributed by atoms with Crippen LogP contribution in [-0.4, -0.2) is 19.1 Å². The zero-order valence-electron chi connectivity index (χ0n) is 32.4. The van der Waals surface area contributed by atoms with Crippen molar-refractivity contribution in [1.29, 1.82) is 0 Å². The molecule has 4 heteroatoms. The number of aromatic nitrogens is 4. The van der Waals surface area contributed by atoms with E-state index in [0.717, 1.165) is 55.4 Å². The van der Waals surface area contributed by atoms with Gasteiger partial charge in [0.15, 0.2) is 0 Å². The van der Waals surface area contributed by atoms with E-state index < -0.39 is 0 Å². The van der Waals surface area contributed by atoms with Crippen LogP contribution in [0.1, 0.15) is 0 Å². The zero-order chi connectivity index (χ0) is 39.3. The van der Waals surface area contributed by atoms with E-state index in [0.29, 0.717) is 5.95 Å². The van der Waals surface area contributed by atoms with Crippen molar-refractivity contribution in [2.24, 2.45) is 0 Å². The number of hydrogen-bond acceptors (Lipinski definition) is 2. The molecule has 0 fully saturated rings. The molecular weight excluding hydrogens is 729 g/mol. The van der Waals surface area contributed by atoms with Gasteiger partial charge in [0.2, 0.25) is 5.95 Å². The highest BCUT2D eigenvalue weighted by molar-refractivity contribution is 6.15. The third kappa shape index (κ3) is 4.98.